The molecule has 0 unspecified atom stereocenters. The van der Waals surface area contributed by atoms with E-state index in [4.69, 9.17) is 4.74 Å². The molecule has 1 fully saturated rings. The molecule has 1 aliphatic heterocycles. The molecule has 2 amide bonds. The van der Waals surface area contributed by atoms with Gasteiger partial charge in [0.05, 0.1) is 16.9 Å². The molecule has 3 aromatic rings. The predicted octanol–water partition coefficient (Wildman–Crippen LogP) is 3.68. The van der Waals surface area contributed by atoms with Crippen LogP contribution in [0.1, 0.15) is 31.4 Å². The molecule has 29 heavy (non-hydrogen) atoms. The smallest absolute Gasteiger partial charge is 0.320 e. The number of rotatable bonds is 6. The van der Waals surface area contributed by atoms with Crippen LogP contribution >= 0.6 is 0 Å². The number of urea groups is 1. The Hall–Kier alpha value is -3.13. The normalized spacial score (nSPS) is 15.8. The number of nitrogens with one attached hydrogen (secondary N) is 4. The highest BCUT2D eigenvalue weighted by molar-refractivity contribution is 5.94. The monoisotopic (exact) mass is 394 g/mol. The minimum absolute atomic E-state index is 0.104. The van der Waals surface area contributed by atoms with Crippen molar-refractivity contribution >= 4 is 28.6 Å². The lowest BCUT2D eigenvalue weighted by molar-refractivity contribution is 0.0699. The van der Waals surface area contributed by atoms with Crippen molar-refractivity contribution in [1.82, 2.24) is 20.5 Å². The second-order valence-electron chi connectivity index (χ2n) is 7.35. The second-order valence-corrected chi connectivity index (χ2v) is 7.35. The van der Waals surface area contributed by atoms with E-state index < -0.39 is 0 Å². The highest BCUT2D eigenvalue weighted by Gasteiger charge is 2.15. The third-order valence-corrected chi connectivity index (χ3v) is 5.24. The van der Waals surface area contributed by atoms with Gasteiger partial charge in [0.15, 0.2) is 5.82 Å². The van der Waals surface area contributed by atoms with Gasteiger partial charge in [0, 0.05) is 32.0 Å². The maximum atomic E-state index is 12.3. The molecule has 8 nitrogen and oxygen atoms in total. The highest BCUT2D eigenvalue weighted by atomic mass is 16.5. The van der Waals surface area contributed by atoms with Crippen molar-refractivity contribution in [2.45, 2.75) is 25.8 Å². The van der Waals surface area contributed by atoms with Crippen molar-refractivity contribution in [1.29, 1.82) is 0 Å². The van der Waals surface area contributed by atoms with Crippen LogP contribution < -0.4 is 16.0 Å². The maximum Gasteiger partial charge on any atom is 0.320 e. The molecule has 2 aromatic heterocycles. The number of H-pyrrole nitrogens is 1. The SMILES string of the molecule is C[C@@H](NC(=O)Nc1cc2[nH]nc(NCC3CCOCC3)c2cn1)c1ccccc1. The minimum Gasteiger partial charge on any atom is -0.381 e. The van der Waals surface area contributed by atoms with Crippen LogP contribution in [0.25, 0.3) is 10.9 Å². The standard InChI is InChI=1S/C21H26N6O2/c1-14(16-5-3-2-4-6-16)24-21(28)25-19-11-18-17(13-22-19)20(27-26-18)23-12-15-7-9-29-10-8-15/h2-6,11,13-15H,7-10,12H2,1H3,(H2,23,26,27)(H2,22,24,25,28)/t14-/m1/s1. The molecule has 1 aliphatic rings. The van der Waals surface area contributed by atoms with E-state index in [1.807, 2.05) is 37.3 Å². The summed E-state index contributed by atoms with van der Waals surface area (Å²) in [6.07, 6.45) is 3.86. The zero-order chi connectivity index (χ0) is 20.1. The van der Waals surface area contributed by atoms with Crippen molar-refractivity contribution in [2.75, 3.05) is 30.4 Å². The van der Waals surface area contributed by atoms with E-state index in [1.165, 1.54) is 0 Å². The van der Waals surface area contributed by atoms with Crippen LogP contribution in [0.4, 0.5) is 16.4 Å². The Kier molecular flexibility index (Phi) is 5.90. The molecule has 4 N–H and O–H groups in total. The zero-order valence-corrected chi connectivity index (χ0v) is 16.4. The summed E-state index contributed by atoms with van der Waals surface area (Å²) >= 11 is 0. The number of hydrogen-bond donors (Lipinski definition) is 4. The number of ether oxygens (including phenoxy) is 1. The fourth-order valence-electron chi connectivity index (χ4n) is 3.48. The summed E-state index contributed by atoms with van der Waals surface area (Å²) < 4.78 is 5.40. The van der Waals surface area contributed by atoms with Gasteiger partial charge in [0.25, 0.3) is 0 Å². The van der Waals surface area contributed by atoms with Crippen molar-refractivity contribution in [3.8, 4) is 0 Å². The van der Waals surface area contributed by atoms with Gasteiger partial charge in [0.2, 0.25) is 0 Å². The molecular weight excluding hydrogens is 368 g/mol. The van der Waals surface area contributed by atoms with Gasteiger partial charge in [-0.05, 0) is 31.2 Å². The molecular formula is C21H26N6O2. The van der Waals surface area contributed by atoms with E-state index in [1.54, 1.807) is 12.3 Å². The summed E-state index contributed by atoms with van der Waals surface area (Å²) in [6.45, 7) is 4.46. The van der Waals surface area contributed by atoms with E-state index in [0.29, 0.717) is 11.7 Å². The van der Waals surface area contributed by atoms with E-state index in [9.17, 15) is 4.79 Å². The van der Waals surface area contributed by atoms with Crippen LogP contribution in [0, 0.1) is 5.92 Å². The number of nitrogens with zero attached hydrogens (tertiary/aromatic N) is 2. The first-order chi connectivity index (χ1) is 14.2. The van der Waals surface area contributed by atoms with Crippen LogP contribution in [0.5, 0.6) is 0 Å². The Morgan fingerprint density at radius 1 is 1.28 bits per heavy atom. The van der Waals surface area contributed by atoms with Gasteiger partial charge < -0.3 is 15.4 Å². The van der Waals surface area contributed by atoms with Crippen molar-refractivity contribution in [3.63, 3.8) is 0 Å². The summed E-state index contributed by atoms with van der Waals surface area (Å²) in [7, 11) is 0. The zero-order valence-electron chi connectivity index (χ0n) is 16.4. The average molecular weight is 394 g/mol. The highest BCUT2D eigenvalue weighted by Crippen LogP contribution is 2.23. The first-order valence-corrected chi connectivity index (χ1v) is 9.97. The van der Waals surface area contributed by atoms with Crippen LogP contribution in [0.15, 0.2) is 42.6 Å². The fourth-order valence-corrected chi connectivity index (χ4v) is 3.48. The molecule has 3 heterocycles. The molecule has 0 saturated carbocycles. The van der Waals surface area contributed by atoms with Gasteiger partial charge in [-0.1, -0.05) is 30.3 Å². The molecule has 0 spiro atoms. The van der Waals surface area contributed by atoms with Crippen LogP contribution in [0.2, 0.25) is 0 Å². The minimum atomic E-state index is -0.300. The van der Waals surface area contributed by atoms with E-state index in [0.717, 1.165) is 54.9 Å². The average Bonchev–Trinajstić information content (AvgIpc) is 3.15. The summed E-state index contributed by atoms with van der Waals surface area (Å²) in [5.41, 5.74) is 1.86. The lowest BCUT2D eigenvalue weighted by Gasteiger charge is -2.22. The molecule has 152 valence electrons. The second kappa shape index (κ2) is 8.91. The molecule has 0 bridgehead atoms. The summed E-state index contributed by atoms with van der Waals surface area (Å²) in [4.78, 5) is 16.7. The summed E-state index contributed by atoms with van der Waals surface area (Å²) in [6, 6.07) is 11.2. The Balaban J connectivity index is 1.35. The quantitative estimate of drug-likeness (QED) is 0.511. The Morgan fingerprint density at radius 2 is 2.07 bits per heavy atom. The van der Waals surface area contributed by atoms with Gasteiger partial charge >= 0.3 is 6.03 Å². The van der Waals surface area contributed by atoms with Gasteiger partial charge in [-0.15, -0.1) is 0 Å². The fraction of sp³-hybridized carbons (Fsp3) is 0.381. The van der Waals surface area contributed by atoms with E-state index in [-0.39, 0.29) is 12.1 Å². The lowest BCUT2D eigenvalue weighted by atomic mass is 10.0. The van der Waals surface area contributed by atoms with Gasteiger partial charge in [-0.3, -0.25) is 10.4 Å². The predicted molar refractivity (Wildman–Crippen MR) is 113 cm³/mol. The maximum absolute atomic E-state index is 12.3. The van der Waals surface area contributed by atoms with Crippen LogP contribution in [0.3, 0.4) is 0 Å². The number of carbonyl (C=O) groups is 1. The first-order valence-electron chi connectivity index (χ1n) is 9.97. The van der Waals surface area contributed by atoms with E-state index in [2.05, 4.69) is 31.1 Å². The van der Waals surface area contributed by atoms with Crippen LogP contribution in [-0.2, 0) is 4.74 Å². The number of benzene rings is 1. The van der Waals surface area contributed by atoms with Crippen LogP contribution in [-0.4, -0.2) is 41.0 Å². The number of carbonyl (C=O) groups excluding carboxylic acids is 1. The van der Waals surface area contributed by atoms with Gasteiger partial charge in [-0.2, -0.15) is 5.10 Å². The third kappa shape index (κ3) is 4.83. The van der Waals surface area contributed by atoms with Crippen molar-refractivity contribution in [3.05, 3.63) is 48.2 Å². The number of aromatic nitrogens is 3. The Morgan fingerprint density at radius 3 is 2.86 bits per heavy atom. The van der Waals surface area contributed by atoms with Crippen molar-refractivity contribution in [2.24, 2.45) is 5.92 Å². The molecule has 0 aliphatic carbocycles. The molecule has 1 aromatic carbocycles. The molecule has 1 saturated heterocycles. The summed E-state index contributed by atoms with van der Waals surface area (Å²) in [5.74, 6) is 1.85. The molecule has 0 radical (unpaired) electrons. The van der Waals surface area contributed by atoms with Gasteiger partial charge in [-0.25, -0.2) is 9.78 Å². The molecule has 1 atom stereocenters. The number of fused-ring (bicyclic) bond motifs is 1. The lowest BCUT2D eigenvalue weighted by Crippen LogP contribution is -2.31. The number of aromatic amines is 1. The Bertz CT molecular complexity index is 952. The van der Waals surface area contributed by atoms with Crippen molar-refractivity contribution < 1.29 is 9.53 Å². The van der Waals surface area contributed by atoms with E-state index >= 15 is 0 Å². The number of pyridine rings is 1. The largest absolute Gasteiger partial charge is 0.381 e. The third-order valence-electron chi connectivity index (χ3n) is 5.24. The number of amides is 2. The van der Waals surface area contributed by atoms with Gasteiger partial charge in [0.1, 0.15) is 5.82 Å². The Labute approximate surface area is 169 Å². The number of anilines is 2. The number of hydrogen-bond acceptors (Lipinski definition) is 5. The molecule has 4 rings (SSSR count). The molecule has 8 heteroatoms. The summed E-state index contributed by atoms with van der Waals surface area (Å²) in [5, 5.41) is 17.4. The topological polar surface area (TPSA) is 104 Å². The first kappa shape index (κ1) is 19.2.